The van der Waals surface area contributed by atoms with E-state index >= 15 is 0 Å². The van der Waals surface area contributed by atoms with Crippen LogP contribution in [-0.4, -0.2) is 43.1 Å². The zero-order valence-electron chi connectivity index (χ0n) is 14.7. The zero-order chi connectivity index (χ0) is 17.8. The van der Waals surface area contributed by atoms with E-state index in [0.29, 0.717) is 18.3 Å². The fraction of sp³-hybridized carbons (Fsp3) is 0.300. The van der Waals surface area contributed by atoms with E-state index < -0.39 is 0 Å². The third-order valence-corrected chi connectivity index (χ3v) is 4.34. The summed E-state index contributed by atoms with van der Waals surface area (Å²) in [5.41, 5.74) is 2.99. The molecule has 6 heteroatoms. The minimum Gasteiger partial charge on any atom is -0.494 e. The summed E-state index contributed by atoms with van der Waals surface area (Å²) < 4.78 is 16.3. The predicted molar refractivity (Wildman–Crippen MR) is 99.4 cm³/mol. The third-order valence-electron chi connectivity index (χ3n) is 4.34. The number of anilines is 1. The molecule has 2 aromatic carbocycles. The predicted octanol–water partition coefficient (Wildman–Crippen LogP) is 3.64. The average molecular weight is 351 g/mol. The molecule has 0 aliphatic carbocycles. The van der Waals surface area contributed by atoms with Gasteiger partial charge in [-0.05, 0) is 55.5 Å². The van der Waals surface area contributed by atoms with E-state index in [4.69, 9.17) is 14.0 Å². The summed E-state index contributed by atoms with van der Waals surface area (Å²) in [6, 6.07) is 15.9. The van der Waals surface area contributed by atoms with Gasteiger partial charge in [0, 0.05) is 29.9 Å². The second kappa shape index (κ2) is 7.58. The van der Waals surface area contributed by atoms with Crippen molar-refractivity contribution >= 4 is 5.69 Å². The first-order valence-electron chi connectivity index (χ1n) is 8.83. The monoisotopic (exact) mass is 351 g/mol. The van der Waals surface area contributed by atoms with E-state index in [-0.39, 0.29) is 0 Å². The van der Waals surface area contributed by atoms with Gasteiger partial charge in [0.05, 0.1) is 19.8 Å². The first-order chi connectivity index (χ1) is 12.8. The molecule has 1 aromatic heterocycles. The molecule has 0 radical (unpaired) electrons. The maximum Gasteiger partial charge on any atom is 0.258 e. The summed E-state index contributed by atoms with van der Waals surface area (Å²) in [6.45, 7) is 6.00. The minimum absolute atomic E-state index is 0.500. The van der Waals surface area contributed by atoms with Crippen molar-refractivity contribution in [3.63, 3.8) is 0 Å². The fourth-order valence-electron chi connectivity index (χ4n) is 2.96. The molecule has 0 bridgehead atoms. The summed E-state index contributed by atoms with van der Waals surface area (Å²) in [6.07, 6.45) is 0. The Morgan fingerprint density at radius 3 is 2.35 bits per heavy atom. The van der Waals surface area contributed by atoms with Crippen molar-refractivity contribution in [3.05, 3.63) is 48.5 Å². The Bertz CT molecular complexity index is 837. The van der Waals surface area contributed by atoms with Gasteiger partial charge in [-0.15, -0.1) is 0 Å². The highest BCUT2D eigenvalue weighted by Gasteiger charge is 2.13. The van der Waals surface area contributed by atoms with Crippen molar-refractivity contribution in [2.75, 3.05) is 37.8 Å². The molecule has 3 aromatic rings. The van der Waals surface area contributed by atoms with Crippen LogP contribution in [0.5, 0.6) is 5.75 Å². The van der Waals surface area contributed by atoms with E-state index in [1.165, 1.54) is 5.69 Å². The lowest BCUT2D eigenvalue weighted by Crippen LogP contribution is -2.36. The number of aromatic nitrogens is 2. The number of ether oxygens (including phenoxy) is 2. The molecular weight excluding hydrogens is 330 g/mol. The van der Waals surface area contributed by atoms with Crippen LogP contribution in [0.25, 0.3) is 22.8 Å². The summed E-state index contributed by atoms with van der Waals surface area (Å²) in [5.74, 6) is 1.91. The van der Waals surface area contributed by atoms with Gasteiger partial charge in [0.15, 0.2) is 0 Å². The topological polar surface area (TPSA) is 60.6 Å². The maximum absolute atomic E-state index is 5.45. The van der Waals surface area contributed by atoms with Gasteiger partial charge in [0.2, 0.25) is 5.82 Å². The molecule has 0 unspecified atom stereocenters. The number of hydrogen-bond acceptors (Lipinski definition) is 6. The second-order valence-corrected chi connectivity index (χ2v) is 6.03. The van der Waals surface area contributed by atoms with Gasteiger partial charge < -0.3 is 18.9 Å². The van der Waals surface area contributed by atoms with Crippen LogP contribution < -0.4 is 9.64 Å². The fourth-order valence-corrected chi connectivity index (χ4v) is 2.96. The number of benzene rings is 2. The number of hydrogen-bond donors (Lipinski definition) is 0. The SMILES string of the molecule is CCOc1ccc(-c2nc(-c3ccc(N4CCOCC4)cc3)no2)cc1. The van der Waals surface area contributed by atoms with E-state index in [1.807, 2.05) is 43.3 Å². The van der Waals surface area contributed by atoms with Crippen molar-refractivity contribution in [2.24, 2.45) is 0 Å². The number of nitrogens with zero attached hydrogens (tertiary/aromatic N) is 3. The quantitative estimate of drug-likeness (QED) is 0.699. The molecule has 0 amide bonds. The molecule has 4 rings (SSSR count). The van der Waals surface area contributed by atoms with Gasteiger partial charge in [-0.25, -0.2) is 0 Å². The van der Waals surface area contributed by atoms with Crippen molar-refractivity contribution < 1.29 is 14.0 Å². The first-order valence-corrected chi connectivity index (χ1v) is 8.83. The van der Waals surface area contributed by atoms with Crippen molar-refractivity contribution in [3.8, 4) is 28.6 Å². The Morgan fingerprint density at radius 2 is 1.65 bits per heavy atom. The van der Waals surface area contributed by atoms with Crippen molar-refractivity contribution in [1.82, 2.24) is 10.1 Å². The van der Waals surface area contributed by atoms with Gasteiger partial charge in [0.25, 0.3) is 5.89 Å². The minimum atomic E-state index is 0.500. The highest BCUT2D eigenvalue weighted by atomic mass is 16.5. The van der Waals surface area contributed by atoms with E-state index in [0.717, 1.165) is 43.2 Å². The normalized spacial score (nSPS) is 14.4. The Balaban J connectivity index is 1.50. The molecule has 0 spiro atoms. The lowest BCUT2D eigenvalue weighted by Gasteiger charge is -2.28. The van der Waals surface area contributed by atoms with Crippen LogP contribution in [0.4, 0.5) is 5.69 Å². The Hall–Kier alpha value is -2.86. The van der Waals surface area contributed by atoms with Crippen LogP contribution in [0.1, 0.15) is 6.92 Å². The van der Waals surface area contributed by atoms with E-state index in [9.17, 15) is 0 Å². The smallest absolute Gasteiger partial charge is 0.258 e. The third kappa shape index (κ3) is 3.55. The van der Waals surface area contributed by atoms with Gasteiger partial charge >= 0.3 is 0 Å². The summed E-state index contributed by atoms with van der Waals surface area (Å²) in [5, 5.41) is 4.11. The molecule has 1 aliphatic heterocycles. The Labute approximate surface area is 152 Å². The van der Waals surface area contributed by atoms with Crippen LogP contribution in [0.2, 0.25) is 0 Å². The van der Waals surface area contributed by atoms with Crippen LogP contribution >= 0.6 is 0 Å². The van der Waals surface area contributed by atoms with Gasteiger partial charge in [-0.3, -0.25) is 0 Å². The lowest BCUT2D eigenvalue weighted by molar-refractivity contribution is 0.122. The van der Waals surface area contributed by atoms with Crippen LogP contribution in [0, 0.1) is 0 Å². The first kappa shape index (κ1) is 16.6. The summed E-state index contributed by atoms with van der Waals surface area (Å²) in [4.78, 5) is 6.83. The molecule has 0 N–H and O–H groups in total. The maximum atomic E-state index is 5.45. The molecule has 6 nitrogen and oxygen atoms in total. The van der Waals surface area contributed by atoms with Crippen LogP contribution in [0.3, 0.4) is 0 Å². The number of morpholine rings is 1. The number of rotatable bonds is 5. The molecule has 1 saturated heterocycles. The lowest BCUT2D eigenvalue weighted by atomic mass is 10.1. The van der Waals surface area contributed by atoms with Crippen molar-refractivity contribution in [1.29, 1.82) is 0 Å². The van der Waals surface area contributed by atoms with Crippen molar-refractivity contribution in [2.45, 2.75) is 6.92 Å². The van der Waals surface area contributed by atoms with Crippen LogP contribution in [0.15, 0.2) is 53.1 Å². The largest absolute Gasteiger partial charge is 0.494 e. The van der Waals surface area contributed by atoms with Crippen LogP contribution in [-0.2, 0) is 4.74 Å². The standard InChI is InChI=1S/C20H21N3O3/c1-2-25-18-9-5-16(6-10-18)20-21-19(22-26-20)15-3-7-17(8-4-15)23-11-13-24-14-12-23/h3-10H,2,11-14H2,1H3. The van der Waals surface area contributed by atoms with Gasteiger partial charge in [0.1, 0.15) is 5.75 Å². The van der Waals surface area contributed by atoms with Gasteiger partial charge in [-0.2, -0.15) is 4.98 Å². The molecule has 2 heterocycles. The highest BCUT2D eigenvalue weighted by molar-refractivity contribution is 5.63. The average Bonchev–Trinajstić information content (AvgIpc) is 3.20. The molecule has 0 saturated carbocycles. The molecule has 1 fully saturated rings. The summed E-state index contributed by atoms with van der Waals surface area (Å²) in [7, 11) is 0. The molecular formula is C20H21N3O3. The van der Waals surface area contributed by atoms with Gasteiger partial charge in [-0.1, -0.05) is 5.16 Å². The zero-order valence-corrected chi connectivity index (χ0v) is 14.7. The Kier molecular flexibility index (Phi) is 4.84. The molecule has 26 heavy (non-hydrogen) atoms. The molecule has 134 valence electrons. The van der Waals surface area contributed by atoms with E-state index in [1.54, 1.807) is 0 Å². The molecule has 0 atom stereocenters. The molecule has 1 aliphatic rings. The second-order valence-electron chi connectivity index (χ2n) is 6.03. The summed E-state index contributed by atoms with van der Waals surface area (Å²) >= 11 is 0. The highest BCUT2D eigenvalue weighted by Crippen LogP contribution is 2.26. The Morgan fingerprint density at radius 1 is 0.962 bits per heavy atom. The van der Waals surface area contributed by atoms with E-state index in [2.05, 4.69) is 27.2 Å².